The molecule has 0 heterocycles. The van der Waals surface area contributed by atoms with Crippen molar-refractivity contribution in [2.24, 2.45) is 0 Å². The lowest BCUT2D eigenvalue weighted by Gasteiger charge is -2.03. The molecule has 0 N–H and O–H groups in total. The summed E-state index contributed by atoms with van der Waals surface area (Å²) in [5.74, 6) is 2.52. The monoisotopic (exact) mass is 196 g/mol. The Morgan fingerprint density at radius 3 is 2.54 bits per heavy atom. The molecule has 0 spiro atoms. The molecule has 0 aromatic rings. The Labute approximate surface area is 81.0 Å². The van der Waals surface area contributed by atoms with Crippen LogP contribution in [0, 0.1) is 11.5 Å². The van der Waals surface area contributed by atoms with Crippen LogP contribution in [0.4, 0.5) is 0 Å². The minimum Gasteiger partial charge on any atom is -0.449 e. The van der Waals surface area contributed by atoms with Crippen molar-refractivity contribution in [1.82, 2.24) is 0 Å². The van der Waals surface area contributed by atoms with Gasteiger partial charge in [-0.05, 0) is 6.92 Å². The molecule has 3 heteroatoms. The first-order valence-corrected chi connectivity index (χ1v) is 7.75. The number of ether oxygens (including phenoxy) is 1. The zero-order valence-corrected chi connectivity index (χ0v) is 9.68. The van der Waals surface area contributed by atoms with Crippen molar-refractivity contribution < 1.29 is 9.53 Å². The summed E-state index contributed by atoms with van der Waals surface area (Å²) in [6, 6.07) is 0. The molecule has 0 fully saturated rings. The quantitative estimate of drug-likeness (QED) is 0.292. The van der Waals surface area contributed by atoms with Crippen LogP contribution in [-0.2, 0) is 9.53 Å². The van der Waals surface area contributed by atoms with Crippen LogP contribution in [0.15, 0.2) is 12.2 Å². The van der Waals surface area contributed by atoms with E-state index in [0.717, 1.165) is 0 Å². The van der Waals surface area contributed by atoms with E-state index >= 15 is 0 Å². The number of hydrogen-bond donors (Lipinski definition) is 0. The van der Waals surface area contributed by atoms with E-state index in [1.165, 1.54) is 6.08 Å². The van der Waals surface area contributed by atoms with E-state index in [0.29, 0.717) is 0 Å². The van der Waals surface area contributed by atoms with Crippen molar-refractivity contribution >= 4 is 14.0 Å². The number of carbonyl (C=O) groups excluding carboxylic acids is 1. The van der Waals surface area contributed by atoms with Crippen LogP contribution in [-0.4, -0.2) is 20.7 Å². The number of hydrogen-bond acceptors (Lipinski definition) is 2. The highest BCUT2D eigenvalue weighted by molar-refractivity contribution is 6.83. The first-order chi connectivity index (χ1) is 5.95. The summed E-state index contributed by atoms with van der Waals surface area (Å²) < 4.78 is 4.80. The van der Waals surface area contributed by atoms with Crippen LogP contribution in [0.25, 0.3) is 0 Å². The molecule has 0 aromatic carbocycles. The van der Waals surface area contributed by atoms with E-state index in [2.05, 4.69) is 31.1 Å². The molecule has 13 heavy (non-hydrogen) atoms. The molecule has 0 aliphatic carbocycles. The van der Waals surface area contributed by atoms with E-state index in [4.69, 9.17) is 4.74 Å². The Hall–Kier alpha value is -1.01. The molecule has 0 atom stereocenters. The molecule has 0 rings (SSSR count). The molecular weight excluding hydrogens is 180 g/mol. The highest BCUT2D eigenvalue weighted by Gasteiger charge is 2.07. The van der Waals surface area contributed by atoms with Gasteiger partial charge in [-0.3, -0.25) is 0 Å². The number of esters is 1. The van der Waals surface area contributed by atoms with Gasteiger partial charge in [-0.25, -0.2) is 4.79 Å². The van der Waals surface area contributed by atoms with E-state index < -0.39 is 8.07 Å². The molecule has 0 amide bonds. The van der Waals surface area contributed by atoms with Crippen molar-refractivity contribution in [2.45, 2.75) is 26.6 Å². The molecule has 0 aliphatic heterocycles. The molecule has 0 radical (unpaired) electrons. The molecule has 0 aliphatic rings. The van der Waals surface area contributed by atoms with Crippen molar-refractivity contribution in [3.05, 3.63) is 12.2 Å². The summed E-state index contributed by atoms with van der Waals surface area (Å²) in [6.07, 6.45) is 3.03. The van der Waals surface area contributed by atoms with Crippen molar-refractivity contribution in [3.63, 3.8) is 0 Å². The highest BCUT2D eigenvalue weighted by atomic mass is 28.3. The van der Waals surface area contributed by atoms with Crippen LogP contribution in [0.1, 0.15) is 6.92 Å². The van der Waals surface area contributed by atoms with E-state index in [-0.39, 0.29) is 12.6 Å². The Morgan fingerprint density at radius 2 is 2.08 bits per heavy atom. The fourth-order valence-electron chi connectivity index (χ4n) is 0.593. The van der Waals surface area contributed by atoms with E-state index in [1.54, 1.807) is 13.0 Å². The standard InChI is InChI=1S/C10H16O2Si/c1-5-7-10(11)12-8-6-9-13(2,3)4/h5,7H,8H2,1-4H3/b7-5+. The van der Waals surface area contributed by atoms with Gasteiger partial charge in [0.25, 0.3) is 0 Å². The van der Waals surface area contributed by atoms with Gasteiger partial charge in [0, 0.05) is 6.08 Å². The third kappa shape index (κ3) is 8.90. The van der Waals surface area contributed by atoms with Gasteiger partial charge >= 0.3 is 5.97 Å². The first-order valence-electron chi connectivity index (χ1n) is 4.25. The fraction of sp³-hybridized carbons (Fsp3) is 0.500. The second kappa shape index (κ2) is 5.60. The lowest BCUT2D eigenvalue weighted by molar-refractivity contribution is -0.136. The van der Waals surface area contributed by atoms with Gasteiger partial charge in [-0.15, -0.1) is 5.54 Å². The molecular formula is C10H16O2Si. The lowest BCUT2D eigenvalue weighted by Crippen LogP contribution is -2.16. The Balaban J connectivity index is 3.78. The van der Waals surface area contributed by atoms with Crippen molar-refractivity contribution in [3.8, 4) is 11.5 Å². The van der Waals surface area contributed by atoms with Crippen LogP contribution >= 0.6 is 0 Å². The molecule has 0 unspecified atom stereocenters. The van der Waals surface area contributed by atoms with Crippen LogP contribution in [0.3, 0.4) is 0 Å². The summed E-state index contributed by atoms with van der Waals surface area (Å²) in [5.41, 5.74) is 3.11. The first kappa shape index (κ1) is 12.0. The molecule has 72 valence electrons. The minimum atomic E-state index is -1.32. The molecule has 0 bridgehead atoms. The third-order valence-electron chi connectivity index (χ3n) is 1.05. The van der Waals surface area contributed by atoms with Crippen molar-refractivity contribution in [1.29, 1.82) is 0 Å². The molecule has 0 aromatic heterocycles. The largest absolute Gasteiger partial charge is 0.449 e. The van der Waals surface area contributed by atoms with E-state index in [1.807, 2.05) is 0 Å². The average molecular weight is 196 g/mol. The molecule has 0 saturated heterocycles. The maximum absolute atomic E-state index is 10.8. The maximum Gasteiger partial charge on any atom is 0.331 e. The van der Waals surface area contributed by atoms with Gasteiger partial charge in [-0.1, -0.05) is 31.6 Å². The summed E-state index contributed by atoms with van der Waals surface area (Å²) in [7, 11) is -1.32. The fourth-order valence-corrected chi connectivity index (χ4v) is 1.20. The predicted octanol–water partition coefficient (Wildman–Crippen LogP) is 1.99. The maximum atomic E-state index is 10.8. The zero-order valence-electron chi connectivity index (χ0n) is 8.68. The second-order valence-corrected chi connectivity index (χ2v) is 8.41. The normalized spacial score (nSPS) is 10.8. The van der Waals surface area contributed by atoms with Gasteiger partial charge in [0.2, 0.25) is 0 Å². The third-order valence-corrected chi connectivity index (χ3v) is 1.98. The average Bonchev–Trinajstić information content (AvgIpc) is 1.97. The number of allylic oxidation sites excluding steroid dienone is 1. The Kier molecular flexibility index (Phi) is 5.16. The minimum absolute atomic E-state index is 0.202. The summed E-state index contributed by atoms with van der Waals surface area (Å²) in [5, 5.41) is 0. The smallest absolute Gasteiger partial charge is 0.331 e. The topological polar surface area (TPSA) is 26.3 Å². The number of carbonyl (C=O) groups is 1. The highest BCUT2D eigenvalue weighted by Crippen LogP contribution is 1.95. The van der Waals surface area contributed by atoms with Crippen LogP contribution < -0.4 is 0 Å². The van der Waals surface area contributed by atoms with Gasteiger partial charge in [-0.2, -0.15) is 0 Å². The Morgan fingerprint density at radius 1 is 1.46 bits per heavy atom. The van der Waals surface area contributed by atoms with Crippen LogP contribution in [0.2, 0.25) is 19.6 Å². The molecule has 0 saturated carbocycles. The SMILES string of the molecule is C/C=C/C(=O)OCC#C[Si](C)(C)C. The van der Waals surface area contributed by atoms with Crippen molar-refractivity contribution in [2.75, 3.05) is 6.61 Å². The number of rotatable bonds is 2. The van der Waals surface area contributed by atoms with Gasteiger partial charge in [0.1, 0.15) is 8.07 Å². The Bertz CT molecular complexity index is 250. The second-order valence-electron chi connectivity index (χ2n) is 3.66. The van der Waals surface area contributed by atoms with Gasteiger partial charge in [0.05, 0.1) is 0 Å². The summed E-state index contributed by atoms with van der Waals surface area (Å²) in [6.45, 7) is 8.41. The lowest BCUT2D eigenvalue weighted by atomic mass is 10.5. The van der Waals surface area contributed by atoms with E-state index in [9.17, 15) is 4.79 Å². The summed E-state index contributed by atoms with van der Waals surface area (Å²) >= 11 is 0. The summed E-state index contributed by atoms with van der Waals surface area (Å²) in [4.78, 5) is 10.8. The molecule has 2 nitrogen and oxygen atoms in total. The van der Waals surface area contributed by atoms with Gasteiger partial charge in [0.15, 0.2) is 6.61 Å². The van der Waals surface area contributed by atoms with Crippen LogP contribution in [0.5, 0.6) is 0 Å². The predicted molar refractivity (Wildman–Crippen MR) is 56.9 cm³/mol. The zero-order chi connectivity index (χ0) is 10.3. The van der Waals surface area contributed by atoms with Gasteiger partial charge < -0.3 is 4.74 Å².